The normalized spacial score (nSPS) is 18.2. The molecule has 5 nitrogen and oxygen atoms in total. The fourth-order valence-electron chi connectivity index (χ4n) is 4.33. The molecule has 1 saturated heterocycles. The van der Waals surface area contributed by atoms with E-state index in [2.05, 4.69) is 34.3 Å². The summed E-state index contributed by atoms with van der Waals surface area (Å²) < 4.78 is 19.5. The number of hydrogen-bond donors (Lipinski definition) is 0. The van der Waals surface area contributed by atoms with Gasteiger partial charge in [-0.25, -0.2) is 4.39 Å². The number of piperazine rings is 1. The molecule has 1 aliphatic heterocycles. The lowest BCUT2D eigenvalue weighted by Gasteiger charge is -2.35. The van der Waals surface area contributed by atoms with Crippen LogP contribution in [0.5, 0.6) is 0 Å². The maximum Gasteiger partial charge on any atom is 0.235 e. The molecule has 1 aromatic heterocycles. The molecule has 164 valence electrons. The Morgan fingerprint density at radius 3 is 2.47 bits per heavy atom. The SMILES string of the molecule is O=C(N1CCN(C/C=C/c2ccccc2)CC1)C1(c2cc(-c3ccccc3F)on2)CC1. The summed E-state index contributed by atoms with van der Waals surface area (Å²) in [6.45, 7) is 3.98. The van der Waals surface area contributed by atoms with Gasteiger partial charge in [0.25, 0.3) is 0 Å². The van der Waals surface area contributed by atoms with E-state index in [0.29, 0.717) is 30.1 Å². The average Bonchev–Trinajstić information content (AvgIpc) is 3.50. The molecule has 0 N–H and O–H groups in total. The van der Waals surface area contributed by atoms with Crippen LogP contribution in [0.1, 0.15) is 24.1 Å². The van der Waals surface area contributed by atoms with Gasteiger partial charge in [0, 0.05) is 38.8 Å². The number of carbonyl (C=O) groups is 1. The quantitative estimate of drug-likeness (QED) is 0.582. The molecule has 0 atom stereocenters. The predicted octanol–water partition coefficient (Wildman–Crippen LogP) is 4.37. The zero-order valence-electron chi connectivity index (χ0n) is 17.9. The van der Waals surface area contributed by atoms with Crippen LogP contribution in [0.4, 0.5) is 4.39 Å². The van der Waals surface area contributed by atoms with E-state index in [-0.39, 0.29) is 11.7 Å². The minimum atomic E-state index is -0.609. The number of benzene rings is 2. The second kappa shape index (κ2) is 8.71. The van der Waals surface area contributed by atoms with Crippen LogP contribution in [-0.4, -0.2) is 53.6 Å². The Hall–Kier alpha value is -3.25. The van der Waals surface area contributed by atoms with Gasteiger partial charge < -0.3 is 9.42 Å². The molecule has 1 aliphatic carbocycles. The Balaban J connectivity index is 1.19. The number of carbonyl (C=O) groups excluding carboxylic acids is 1. The Morgan fingerprint density at radius 1 is 1.03 bits per heavy atom. The largest absolute Gasteiger partial charge is 0.356 e. The third-order valence-corrected chi connectivity index (χ3v) is 6.43. The van der Waals surface area contributed by atoms with E-state index in [1.165, 1.54) is 11.6 Å². The van der Waals surface area contributed by atoms with Crippen molar-refractivity contribution in [3.8, 4) is 11.3 Å². The van der Waals surface area contributed by atoms with E-state index in [1.54, 1.807) is 24.3 Å². The van der Waals surface area contributed by atoms with E-state index in [0.717, 1.165) is 32.5 Å². The monoisotopic (exact) mass is 431 g/mol. The van der Waals surface area contributed by atoms with E-state index in [9.17, 15) is 9.18 Å². The van der Waals surface area contributed by atoms with Crippen molar-refractivity contribution in [2.24, 2.45) is 0 Å². The molecule has 0 spiro atoms. The molecule has 2 aliphatic rings. The average molecular weight is 432 g/mol. The van der Waals surface area contributed by atoms with Gasteiger partial charge in [-0.3, -0.25) is 9.69 Å². The highest BCUT2D eigenvalue weighted by atomic mass is 19.1. The summed E-state index contributed by atoms with van der Waals surface area (Å²) in [5.41, 5.74) is 1.57. The Kier molecular flexibility index (Phi) is 5.62. The zero-order valence-corrected chi connectivity index (χ0v) is 17.9. The zero-order chi connectivity index (χ0) is 22.0. The van der Waals surface area contributed by atoms with E-state index < -0.39 is 5.41 Å². The maximum absolute atomic E-state index is 14.1. The molecule has 2 heterocycles. The Bertz CT molecular complexity index is 1110. The summed E-state index contributed by atoms with van der Waals surface area (Å²) in [6.07, 6.45) is 5.83. The molecular weight excluding hydrogens is 405 g/mol. The fraction of sp³-hybridized carbons (Fsp3) is 0.308. The molecular formula is C26H26FN3O2. The molecule has 6 heteroatoms. The molecule has 0 bridgehead atoms. The van der Waals surface area contributed by atoms with Gasteiger partial charge in [-0.05, 0) is 30.5 Å². The van der Waals surface area contributed by atoms with Crippen molar-refractivity contribution < 1.29 is 13.7 Å². The van der Waals surface area contributed by atoms with Crippen molar-refractivity contribution in [2.45, 2.75) is 18.3 Å². The third-order valence-electron chi connectivity index (χ3n) is 6.43. The fourth-order valence-corrected chi connectivity index (χ4v) is 4.33. The molecule has 32 heavy (non-hydrogen) atoms. The summed E-state index contributed by atoms with van der Waals surface area (Å²) in [5.74, 6) is 0.126. The van der Waals surface area contributed by atoms with Gasteiger partial charge >= 0.3 is 0 Å². The molecule has 0 radical (unpaired) electrons. The molecule has 2 fully saturated rings. The van der Waals surface area contributed by atoms with Crippen LogP contribution in [0.25, 0.3) is 17.4 Å². The van der Waals surface area contributed by atoms with Crippen LogP contribution in [0.3, 0.4) is 0 Å². The minimum absolute atomic E-state index is 0.116. The van der Waals surface area contributed by atoms with Crippen molar-refractivity contribution >= 4 is 12.0 Å². The topological polar surface area (TPSA) is 49.6 Å². The number of hydrogen-bond acceptors (Lipinski definition) is 4. The van der Waals surface area contributed by atoms with Crippen LogP contribution in [-0.2, 0) is 10.2 Å². The van der Waals surface area contributed by atoms with Crippen LogP contribution in [0.15, 0.2) is 71.3 Å². The van der Waals surface area contributed by atoms with E-state index >= 15 is 0 Å². The highest BCUT2D eigenvalue weighted by molar-refractivity contribution is 5.91. The summed E-state index contributed by atoms with van der Waals surface area (Å²) in [7, 11) is 0. The molecule has 1 amide bonds. The highest BCUT2D eigenvalue weighted by Gasteiger charge is 2.55. The minimum Gasteiger partial charge on any atom is -0.356 e. The van der Waals surface area contributed by atoms with E-state index in [4.69, 9.17) is 4.52 Å². The second-order valence-electron chi connectivity index (χ2n) is 8.54. The lowest BCUT2D eigenvalue weighted by molar-refractivity contribution is -0.135. The van der Waals surface area contributed by atoms with Crippen LogP contribution in [0.2, 0.25) is 0 Å². The maximum atomic E-state index is 14.1. The van der Waals surface area contributed by atoms with Gasteiger partial charge in [0.1, 0.15) is 5.82 Å². The number of halogens is 1. The van der Waals surface area contributed by atoms with Gasteiger partial charge in [-0.15, -0.1) is 0 Å². The molecule has 1 saturated carbocycles. The van der Waals surface area contributed by atoms with Crippen molar-refractivity contribution in [2.75, 3.05) is 32.7 Å². The number of nitrogens with zero attached hydrogens (tertiary/aromatic N) is 3. The Morgan fingerprint density at radius 2 is 1.75 bits per heavy atom. The molecule has 5 rings (SSSR count). The Labute approximate surface area is 187 Å². The second-order valence-corrected chi connectivity index (χ2v) is 8.54. The predicted molar refractivity (Wildman–Crippen MR) is 121 cm³/mol. The van der Waals surface area contributed by atoms with Crippen molar-refractivity contribution in [1.82, 2.24) is 15.0 Å². The van der Waals surface area contributed by atoms with Gasteiger partial charge in [0.05, 0.1) is 16.7 Å². The lowest BCUT2D eigenvalue weighted by Crippen LogP contribution is -2.51. The molecule has 3 aromatic rings. The van der Waals surface area contributed by atoms with Gasteiger partial charge in [0.2, 0.25) is 5.91 Å². The van der Waals surface area contributed by atoms with Gasteiger partial charge in [-0.2, -0.15) is 0 Å². The summed E-state index contributed by atoms with van der Waals surface area (Å²) in [6, 6.07) is 18.4. The summed E-state index contributed by atoms with van der Waals surface area (Å²) >= 11 is 0. The van der Waals surface area contributed by atoms with Gasteiger partial charge in [0.15, 0.2) is 5.76 Å². The first-order valence-corrected chi connectivity index (χ1v) is 11.1. The number of amides is 1. The first-order chi connectivity index (χ1) is 15.7. The van der Waals surface area contributed by atoms with Crippen molar-refractivity contribution in [3.05, 3.63) is 83.8 Å². The number of rotatable bonds is 6. The standard InChI is InChI=1S/C26H26FN3O2/c27-22-11-5-4-10-21(22)23-19-24(28-32-23)26(12-13-26)25(31)30-17-15-29(16-18-30)14-6-9-20-7-2-1-3-8-20/h1-11,19H,12-18H2/b9-6+. The smallest absolute Gasteiger partial charge is 0.235 e. The third kappa shape index (κ3) is 4.10. The summed E-state index contributed by atoms with van der Waals surface area (Å²) in [4.78, 5) is 17.6. The van der Waals surface area contributed by atoms with Crippen molar-refractivity contribution in [3.63, 3.8) is 0 Å². The first-order valence-electron chi connectivity index (χ1n) is 11.1. The van der Waals surface area contributed by atoms with Crippen LogP contribution < -0.4 is 0 Å². The highest BCUT2D eigenvalue weighted by Crippen LogP contribution is 2.50. The van der Waals surface area contributed by atoms with Crippen LogP contribution >= 0.6 is 0 Å². The summed E-state index contributed by atoms with van der Waals surface area (Å²) in [5, 5.41) is 4.16. The van der Waals surface area contributed by atoms with E-state index in [1.807, 2.05) is 23.1 Å². The molecule has 0 unspecified atom stereocenters. The lowest BCUT2D eigenvalue weighted by atomic mass is 9.99. The van der Waals surface area contributed by atoms with Crippen LogP contribution in [0, 0.1) is 5.82 Å². The first kappa shape index (κ1) is 20.6. The molecule has 2 aromatic carbocycles. The van der Waals surface area contributed by atoms with Gasteiger partial charge in [-0.1, -0.05) is 59.8 Å². The number of aromatic nitrogens is 1. The van der Waals surface area contributed by atoms with Crippen molar-refractivity contribution in [1.29, 1.82) is 0 Å².